The Morgan fingerprint density at radius 1 is 1.00 bits per heavy atom. The number of ether oxygens (including phenoxy) is 1. The third-order valence-electron chi connectivity index (χ3n) is 5.64. The Hall–Kier alpha value is -3.70. The van der Waals surface area contributed by atoms with Crippen LogP contribution in [0.25, 0.3) is 21.9 Å². The van der Waals surface area contributed by atoms with Crippen LogP contribution in [0.5, 0.6) is 5.75 Å². The highest BCUT2D eigenvalue weighted by atomic mass is 19.1. The Kier molecular flexibility index (Phi) is 6.19. The topological polar surface area (TPSA) is 58.6 Å². The van der Waals surface area contributed by atoms with E-state index < -0.39 is 11.8 Å². The van der Waals surface area contributed by atoms with Crippen LogP contribution in [-0.2, 0) is 6.54 Å². The number of hydrogen-bond donors (Lipinski definition) is 2. The van der Waals surface area contributed by atoms with Gasteiger partial charge in [0.1, 0.15) is 11.6 Å². The summed E-state index contributed by atoms with van der Waals surface area (Å²) in [7, 11) is 1.65. The number of carbonyl (C=O) groups is 1. The van der Waals surface area contributed by atoms with Crippen molar-refractivity contribution >= 4 is 16.7 Å². The number of aromatic carboxylic acids is 1. The first-order chi connectivity index (χ1) is 15.5. The highest BCUT2D eigenvalue weighted by Crippen LogP contribution is 2.34. The molecule has 1 unspecified atom stereocenters. The standard InChI is InChI=1S/C27H24FNO3/c1-17(29-16-18-6-5-8-22(12-18)32-2)21-13-19-7-3-4-9-23(19)25(14-21)24-11-10-20(27(30)31)15-26(24)28/h3-15,17,29H,16H2,1-2H3,(H,30,31). The fourth-order valence-corrected chi connectivity index (χ4v) is 3.84. The van der Waals surface area contributed by atoms with Crippen molar-refractivity contribution in [1.29, 1.82) is 0 Å². The molecule has 0 fully saturated rings. The largest absolute Gasteiger partial charge is 0.497 e. The van der Waals surface area contributed by atoms with Gasteiger partial charge in [0, 0.05) is 18.2 Å². The zero-order valence-corrected chi connectivity index (χ0v) is 17.9. The van der Waals surface area contributed by atoms with E-state index in [1.54, 1.807) is 13.2 Å². The summed E-state index contributed by atoms with van der Waals surface area (Å²) in [6, 6.07) is 23.8. The maximum Gasteiger partial charge on any atom is 0.335 e. The first-order valence-electron chi connectivity index (χ1n) is 10.4. The minimum atomic E-state index is -1.15. The molecule has 2 N–H and O–H groups in total. The van der Waals surface area contributed by atoms with Crippen LogP contribution in [0.1, 0.15) is 34.5 Å². The average Bonchev–Trinajstić information content (AvgIpc) is 2.82. The number of methoxy groups -OCH3 is 1. The summed E-state index contributed by atoms with van der Waals surface area (Å²) in [5, 5.41) is 14.6. The van der Waals surface area contributed by atoms with Crippen molar-refractivity contribution in [2.75, 3.05) is 7.11 Å². The van der Waals surface area contributed by atoms with Gasteiger partial charge in [0.05, 0.1) is 12.7 Å². The molecule has 0 saturated carbocycles. The highest BCUT2D eigenvalue weighted by Gasteiger charge is 2.15. The van der Waals surface area contributed by atoms with Gasteiger partial charge in [0.15, 0.2) is 0 Å². The third-order valence-corrected chi connectivity index (χ3v) is 5.64. The van der Waals surface area contributed by atoms with Crippen LogP contribution in [0, 0.1) is 5.82 Å². The molecule has 4 nitrogen and oxygen atoms in total. The summed E-state index contributed by atoms with van der Waals surface area (Å²) in [4.78, 5) is 11.2. The number of hydrogen-bond acceptors (Lipinski definition) is 3. The first-order valence-corrected chi connectivity index (χ1v) is 10.4. The molecule has 0 heterocycles. The van der Waals surface area contributed by atoms with Crippen molar-refractivity contribution in [2.24, 2.45) is 0 Å². The molecule has 162 valence electrons. The van der Waals surface area contributed by atoms with Crippen molar-refractivity contribution in [3.63, 3.8) is 0 Å². The zero-order chi connectivity index (χ0) is 22.7. The number of rotatable bonds is 7. The summed E-state index contributed by atoms with van der Waals surface area (Å²) in [5.74, 6) is -0.890. The lowest BCUT2D eigenvalue weighted by atomic mass is 9.92. The maximum absolute atomic E-state index is 14.9. The van der Waals surface area contributed by atoms with Crippen molar-refractivity contribution in [3.05, 3.63) is 101 Å². The summed E-state index contributed by atoms with van der Waals surface area (Å²) in [6.45, 7) is 2.72. The predicted molar refractivity (Wildman–Crippen MR) is 125 cm³/mol. The van der Waals surface area contributed by atoms with Crippen molar-refractivity contribution in [2.45, 2.75) is 19.5 Å². The number of benzene rings is 4. The summed E-state index contributed by atoms with van der Waals surface area (Å²) in [5.41, 5.74) is 3.17. The lowest BCUT2D eigenvalue weighted by Crippen LogP contribution is -2.18. The fraction of sp³-hybridized carbons (Fsp3) is 0.148. The van der Waals surface area contributed by atoms with E-state index in [1.807, 2.05) is 54.6 Å². The average molecular weight is 429 g/mol. The molecule has 0 bridgehead atoms. The van der Waals surface area contributed by atoms with Gasteiger partial charge in [-0.25, -0.2) is 9.18 Å². The van der Waals surface area contributed by atoms with Gasteiger partial charge in [-0.2, -0.15) is 0 Å². The molecule has 0 aromatic heterocycles. The molecular weight excluding hydrogens is 405 g/mol. The van der Waals surface area contributed by atoms with Crippen molar-refractivity contribution in [3.8, 4) is 16.9 Å². The van der Waals surface area contributed by atoms with E-state index in [0.717, 1.165) is 39.3 Å². The van der Waals surface area contributed by atoms with Crippen molar-refractivity contribution in [1.82, 2.24) is 5.32 Å². The second-order valence-electron chi connectivity index (χ2n) is 7.74. The van der Waals surface area contributed by atoms with E-state index in [4.69, 9.17) is 9.84 Å². The number of carboxylic acid groups (broad SMARTS) is 1. The van der Waals surface area contributed by atoms with Gasteiger partial charge < -0.3 is 15.2 Å². The SMILES string of the molecule is COc1cccc(CNC(C)c2cc(-c3ccc(C(=O)O)cc3F)c3ccccc3c2)c1. The second-order valence-corrected chi connectivity index (χ2v) is 7.74. The number of nitrogens with one attached hydrogen (secondary N) is 1. The van der Waals surface area contributed by atoms with E-state index in [0.29, 0.717) is 12.1 Å². The molecule has 0 spiro atoms. The Morgan fingerprint density at radius 2 is 1.81 bits per heavy atom. The molecule has 4 rings (SSSR count). The van der Waals surface area contributed by atoms with E-state index in [1.165, 1.54) is 6.07 Å². The molecule has 0 radical (unpaired) electrons. The maximum atomic E-state index is 14.9. The van der Waals surface area contributed by atoms with Crippen LogP contribution in [0.4, 0.5) is 4.39 Å². The Labute approximate surface area is 186 Å². The quantitative estimate of drug-likeness (QED) is 0.367. The van der Waals surface area contributed by atoms with E-state index in [9.17, 15) is 9.18 Å². The molecule has 5 heteroatoms. The summed E-state index contributed by atoms with van der Waals surface area (Å²) < 4.78 is 20.2. The van der Waals surface area contributed by atoms with Gasteiger partial charge >= 0.3 is 5.97 Å². The first kappa shape index (κ1) is 21.5. The summed E-state index contributed by atoms with van der Waals surface area (Å²) >= 11 is 0. The molecule has 4 aromatic rings. The molecule has 32 heavy (non-hydrogen) atoms. The van der Waals surface area contributed by atoms with Gasteiger partial charge in [-0.15, -0.1) is 0 Å². The molecule has 4 aromatic carbocycles. The lowest BCUT2D eigenvalue weighted by molar-refractivity contribution is 0.0696. The minimum Gasteiger partial charge on any atom is -0.497 e. The smallest absolute Gasteiger partial charge is 0.335 e. The minimum absolute atomic E-state index is 0.00547. The van der Waals surface area contributed by atoms with Gasteiger partial charge in [-0.05, 0) is 70.8 Å². The normalized spacial score (nSPS) is 12.0. The van der Waals surface area contributed by atoms with E-state index >= 15 is 0 Å². The Morgan fingerprint density at radius 3 is 2.56 bits per heavy atom. The van der Waals surface area contributed by atoms with E-state index in [2.05, 4.69) is 18.3 Å². The molecule has 0 aliphatic rings. The van der Waals surface area contributed by atoms with Crippen LogP contribution in [0.2, 0.25) is 0 Å². The molecule has 0 aliphatic heterocycles. The molecule has 0 aliphatic carbocycles. The zero-order valence-electron chi connectivity index (χ0n) is 17.9. The predicted octanol–water partition coefficient (Wildman–Crippen LogP) is 6.20. The number of fused-ring (bicyclic) bond motifs is 1. The molecule has 1 atom stereocenters. The monoisotopic (exact) mass is 429 g/mol. The van der Waals surface area contributed by atoms with Gasteiger partial charge in [-0.3, -0.25) is 0 Å². The molecular formula is C27H24FNO3. The van der Waals surface area contributed by atoms with E-state index in [-0.39, 0.29) is 11.6 Å². The van der Waals surface area contributed by atoms with Crippen LogP contribution >= 0.6 is 0 Å². The van der Waals surface area contributed by atoms with Crippen LogP contribution < -0.4 is 10.1 Å². The Bertz CT molecular complexity index is 1290. The third kappa shape index (κ3) is 4.48. The highest BCUT2D eigenvalue weighted by molar-refractivity contribution is 5.98. The van der Waals surface area contributed by atoms with Gasteiger partial charge in [0.25, 0.3) is 0 Å². The molecule has 0 saturated heterocycles. The Balaban J connectivity index is 1.69. The van der Waals surface area contributed by atoms with Crippen LogP contribution in [0.15, 0.2) is 78.9 Å². The lowest BCUT2D eigenvalue weighted by Gasteiger charge is -2.18. The van der Waals surface area contributed by atoms with Crippen LogP contribution in [0.3, 0.4) is 0 Å². The number of carboxylic acids is 1. The second kappa shape index (κ2) is 9.20. The van der Waals surface area contributed by atoms with Gasteiger partial charge in [0.2, 0.25) is 0 Å². The van der Waals surface area contributed by atoms with Gasteiger partial charge in [-0.1, -0.05) is 42.5 Å². The molecule has 0 amide bonds. The van der Waals surface area contributed by atoms with Crippen molar-refractivity contribution < 1.29 is 19.0 Å². The summed E-state index contributed by atoms with van der Waals surface area (Å²) in [6.07, 6.45) is 0. The fourth-order valence-electron chi connectivity index (χ4n) is 3.84. The number of halogens is 1. The van der Waals surface area contributed by atoms with Crippen LogP contribution in [-0.4, -0.2) is 18.2 Å².